The first-order valence-electron chi connectivity index (χ1n) is 2.63. The molecular formula is C3H11O5P3. The van der Waals surface area contributed by atoms with Crippen LogP contribution in [0.1, 0.15) is 0 Å². The topological polar surface area (TPSA) is 54.0 Å². The SMILES string of the molecule is COPOP(C)(=O)OPOC. The lowest BCUT2D eigenvalue weighted by Gasteiger charge is -2.10. The first kappa shape index (κ1) is 11.9. The Balaban J connectivity index is 3.53. The molecule has 11 heavy (non-hydrogen) atoms. The summed E-state index contributed by atoms with van der Waals surface area (Å²) in [7, 11) is -0.563. The maximum atomic E-state index is 11.1. The Labute approximate surface area is 69.6 Å². The van der Waals surface area contributed by atoms with Crippen LogP contribution >= 0.6 is 25.7 Å². The minimum absolute atomic E-state index is 0.262. The van der Waals surface area contributed by atoms with E-state index in [2.05, 4.69) is 9.05 Å². The average Bonchev–Trinajstić information content (AvgIpc) is 1.97. The molecule has 0 amide bonds. The number of rotatable bonds is 6. The van der Waals surface area contributed by atoms with Gasteiger partial charge < -0.3 is 9.05 Å². The van der Waals surface area contributed by atoms with Crippen LogP contribution in [0.25, 0.3) is 0 Å². The van der Waals surface area contributed by atoms with Gasteiger partial charge in [-0.15, -0.1) is 0 Å². The van der Waals surface area contributed by atoms with Crippen LogP contribution in [0.5, 0.6) is 0 Å². The fraction of sp³-hybridized carbons (Fsp3) is 1.00. The lowest BCUT2D eigenvalue weighted by molar-refractivity contribution is 0.358. The highest BCUT2D eigenvalue weighted by Crippen LogP contribution is 2.54. The van der Waals surface area contributed by atoms with E-state index in [1.165, 1.54) is 20.9 Å². The zero-order chi connectivity index (χ0) is 8.74. The van der Waals surface area contributed by atoms with Crippen molar-refractivity contribution < 1.29 is 22.2 Å². The van der Waals surface area contributed by atoms with Gasteiger partial charge in [0.2, 0.25) is 0 Å². The maximum absolute atomic E-state index is 11.1. The largest absolute Gasteiger partial charge is 0.339 e. The summed E-state index contributed by atoms with van der Waals surface area (Å²) in [5.74, 6) is 0. The summed E-state index contributed by atoms with van der Waals surface area (Å²) in [5.41, 5.74) is 0. The van der Waals surface area contributed by atoms with Crippen LogP contribution in [-0.4, -0.2) is 20.9 Å². The quantitative estimate of drug-likeness (QED) is 0.642. The molecular weight excluding hydrogens is 209 g/mol. The summed E-state index contributed by atoms with van der Waals surface area (Å²) in [5, 5.41) is 0. The molecule has 0 radical (unpaired) electrons. The summed E-state index contributed by atoms with van der Waals surface area (Å²) < 4.78 is 29.8. The van der Waals surface area contributed by atoms with Crippen molar-refractivity contribution in [1.82, 2.24) is 0 Å². The molecule has 2 unspecified atom stereocenters. The van der Waals surface area contributed by atoms with E-state index >= 15 is 0 Å². The van der Waals surface area contributed by atoms with Crippen LogP contribution in [0, 0.1) is 0 Å². The molecule has 0 rings (SSSR count). The molecule has 0 bridgehead atoms. The van der Waals surface area contributed by atoms with Crippen molar-refractivity contribution in [1.29, 1.82) is 0 Å². The summed E-state index contributed by atoms with van der Waals surface area (Å²) in [6.07, 6.45) is 0. The van der Waals surface area contributed by atoms with Crippen LogP contribution in [0.4, 0.5) is 0 Å². The van der Waals surface area contributed by atoms with Crippen LogP contribution in [0.3, 0.4) is 0 Å². The number of hydrogen-bond acceptors (Lipinski definition) is 5. The van der Waals surface area contributed by atoms with Crippen molar-refractivity contribution in [3.8, 4) is 0 Å². The fourth-order valence-electron chi connectivity index (χ4n) is 0.229. The molecule has 0 saturated heterocycles. The normalized spacial score (nSPS) is 18.5. The monoisotopic (exact) mass is 220 g/mol. The van der Waals surface area contributed by atoms with Crippen molar-refractivity contribution >= 4 is 25.7 Å². The van der Waals surface area contributed by atoms with E-state index in [4.69, 9.17) is 8.62 Å². The first-order valence-corrected chi connectivity index (χ1v) is 6.25. The molecule has 0 aromatic heterocycles. The van der Waals surface area contributed by atoms with Gasteiger partial charge in [0, 0.05) is 20.9 Å². The standard InChI is InChI=1S/C3H11O5P3/c1-5-9-7-11(3,4)8-10-6-2/h9-10H,1-3H3. The molecule has 0 aromatic rings. The van der Waals surface area contributed by atoms with Crippen molar-refractivity contribution in [3.63, 3.8) is 0 Å². The molecule has 0 heterocycles. The predicted octanol–water partition coefficient (Wildman–Crippen LogP) is 2.15. The van der Waals surface area contributed by atoms with Gasteiger partial charge in [0.05, 0.1) is 0 Å². The molecule has 8 heteroatoms. The Bertz CT molecular complexity index is 127. The molecule has 68 valence electrons. The second kappa shape index (κ2) is 6.45. The first-order chi connectivity index (χ1) is 5.12. The van der Waals surface area contributed by atoms with Crippen molar-refractivity contribution in [2.24, 2.45) is 0 Å². The van der Waals surface area contributed by atoms with Crippen molar-refractivity contribution in [2.75, 3.05) is 20.9 Å². The van der Waals surface area contributed by atoms with E-state index in [9.17, 15) is 4.57 Å². The van der Waals surface area contributed by atoms with Crippen molar-refractivity contribution in [3.05, 3.63) is 0 Å². The van der Waals surface area contributed by atoms with E-state index in [0.717, 1.165) is 0 Å². The van der Waals surface area contributed by atoms with Crippen LogP contribution in [0.15, 0.2) is 0 Å². The highest BCUT2D eigenvalue weighted by atomic mass is 31.3. The molecule has 0 aromatic carbocycles. The zero-order valence-electron chi connectivity index (χ0n) is 6.49. The smallest absolute Gasteiger partial charge is 0.337 e. The van der Waals surface area contributed by atoms with Gasteiger partial charge in [-0.3, -0.25) is 13.2 Å². The molecule has 0 aliphatic carbocycles. The van der Waals surface area contributed by atoms with Crippen LogP contribution in [-0.2, 0) is 22.2 Å². The van der Waals surface area contributed by atoms with Gasteiger partial charge in [-0.1, -0.05) is 0 Å². The molecule has 0 fully saturated rings. The van der Waals surface area contributed by atoms with E-state index in [-0.39, 0.29) is 18.1 Å². The summed E-state index contributed by atoms with van der Waals surface area (Å²) in [6.45, 7) is 1.37. The molecule has 5 nitrogen and oxygen atoms in total. The van der Waals surface area contributed by atoms with Crippen molar-refractivity contribution in [2.45, 2.75) is 0 Å². The Morgan fingerprint density at radius 1 is 1.09 bits per heavy atom. The molecule has 0 saturated carbocycles. The molecule has 0 spiro atoms. The third kappa shape index (κ3) is 7.30. The molecule has 2 atom stereocenters. The molecule has 0 N–H and O–H groups in total. The lowest BCUT2D eigenvalue weighted by Crippen LogP contribution is -1.79. The van der Waals surface area contributed by atoms with Gasteiger partial charge in [-0.25, -0.2) is 0 Å². The van der Waals surface area contributed by atoms with E-state index < -0.39 is 7.60 Å². The van der Waals surface area contributed by atoms with E-state index in [1.807, 2.05) is 0 Å². The van der Waals surface area contributed by atoms with Gasteiger partial charge in [0.25, 0.3) is 0 Å². The predicted molar refractivity (Wildman–Crippen MR) is 46.3 cm³/mol. The van der Waals surface area contributed by atoms with Gasteiger partial charge >= 0.3 is 7.60 Å². The zero-order valence-corrected chi connectivity index (χ0v) is 9.38. The van der Waals surface area contributed by atoms with Gasteiger partial charge in [-0.2, -0.15) is 0 Å². The van der Waals surface area contributed by atoms with E-state index in [0.29, 0.717) is 0 Å². The van der Waals surface area contributed by atoms with Gasteiger partial charge in [0.1, 0.15) is 0 Å². The molecule has 0 aliphatic heterocycles. The Morgan fingerprint density at radius 2 is 1.45 bits per heavy atom. The summed E-state index contributed by atoms with van der Waals surface area (Å²) in [6, 6.07) is 0. The summed E-state index contributed by atoms with van der Waals surface area (Å²) in [4.78, 5) is 0. The Hall–Kier alpha value is 0.930. The minimum Gasteiger partial charge on any atom is -0.339 e. The number of hydrogen-bond donors (Lipinski definition) is 0. The minimum atomic E-state index is -2.95. The third-order valence-corrected chi connectivity index (χ3v) is 4.16. The maximum Gasteiger partial charge on any atom is 0.337 e. The second-order valence-corrected chi connectivity index (χ2v) is 5.68. The highest BCUT2D eigenvalue weighted by molar-refractivity contribution is 7.63. The van der Waals surface area contributed by atoms with Crippen LogP contribution < -0.4 is 0 Å². The van der Waals surface area contributed by atoms with Crippen LogP contribution in [0.2, 0.25) is 0 Å². The van der Waals surface area contributed by atoms with E-state index in [1.54, 1.807) is 0 Å². The Kier molecular flexibility index (Phi) is 6.99. The Morgan fingerprint density at radius 3 is 1.73 bits per heavy atom. The fourth-order valence-corrected chi connectivity index (χ4v) is 2.39. The summed E-state index contributed by atoms with van der Waals surface area (Å²) >= 11 is 0. The second-order valence-electron chi connectivity index (χ2n) is 1.53. The lowest BCUT2D eigenvalue weighted by atomic mass is 11.8. The molecule has 0 aliphatic rings. The van der Waals surface area contributed by atoms with Gasteiger partial charge in [0.15, 0.2) is 18.1 Å². The van der Waals surface area contributed by atoms with Gasteiger partial charge in [-0.05, 0) is 0 Å². The third-order valence-electron chi connectivity index (χ3n) is 0.573. The average molecular weight is 220 g/mol. The highest BCUT2D eigenvalue weighted by Gasteiger charge is 2.16.